The van der Waals surface area contributed by atoms with Crippen molar-refractivity contribution in [3.8, 4) is 17.2 Å². The van der Waals surface area contributed by atoms with Crippen LogP contribution < -0.4 is 14.2 Å². The van der Waals surface area contributed by atoms with Gasteiger partial charge in [-0.3, -0.25) is 4.79 Å². The summed E-state index contributed by atoms with van der Waals surface area (Å²) in [5.41, 5.74) is 3.38. The highest BCUT2D eigenvalue weighted by Crippen LogP contribution is 2.42. The van der Waals surface area contributed by atoms with Crippen molar-refractivity contribution in [2.45, 2.75) is 52.0 Å². The molecule has 0 aliphatic carbocycles. The van der Waals surface area contributed by atoms with Gasteiger partial charge in [-0.25, -0.2) is 0 Å². The molecule has 168 valence electrons. The van der Waals surface area contributed by atoms with Gasteiger partial charge in [0.15, 0.2) is 11.5 Å². The number of benzene rings is 2. The minimum Gasteiger partial charge on any atom is -0.497 e. The van der Waals surface area contributed by atoms with Crippen molar-refractivity contribution in [1.29, 1.82) is 0 Å². The topological polar surface area (TPSA) is 48.0 Å². The van der Waals surface area contributed by atoms with Gasteiger partial charge in [0, 0.05) is 12.5 Å². The average Bonchev–Trinajstić information content (AvgIpc) is 2.82. The molecule has 31 heavy (non-hydrogen) atoms. The predicted molar refractivity (Wildman–Crippen MR) is 123 cm³/mol. The molecule has 5 nitrogen and oxygen atoms in total. The molecule has 2 aromatic rings. The minimum absolute atomic E-state index is 0.0578. The standard InChI is InChI=1S/C26H35NO4/c1-6-8-9-18(7-2)26(28)27-15-14-20-16-23(30-4)24(31-5)17-22(20)25(27)19-10-12-21(29-3)13-11-19/h10-13,16-18,25H,6-9,14-15H2,1-5H3/t18-,25-/m1/s1. The third-order valence-electron chi connectivity index (χ3n) is 6.34. The molecule has 0 radical (unpaired) electrons. The van der Waals surface area contributed by atoms with E-state index in [9.17, 15) is 4.79 Å². The largest absolute Gasteiger partial charge is 0.497 e. The van der Waals surface area contributed by atoms with Crippen LogP contribution >= 0.6 is 0 Å². The Morgan fingerprint density at radius 2 is 1.71 bits per heavy atom. The van der Waals surface area contributed by atoms with Crippen molar-refractivity contribution < 1.29 is 19.0 Å². The number of hydrogen-bond acceptors (Lipinski definition) is 4. The molecule has 0 fully saturated rings. The molecule has 0 N–H and O–H groups in total. The Kier molecular flexibility index (Phi) is 7.83. The Morgan fingerprint density at radius 1 is 1.03 bits per heavy atom. The Labute approximate surface area is 186 Å². The maximum absolute atomic E-state index is 13.7. The lowest BCUT2D eigenvalue weighted by Crippen LogP contribution is -2.43. The first-order valence-electron chi connectivity index (χ1n) is 11.3. The van der Waals surface area contributed by atoms with Crippen molar-refractivity contribution >= 4 is 5.91 Å². The average molecular weight is 426 g/mol. The summed E-state index contributed by atoms with van der Waals surface area (Å²) in [7, 11) is 4.97. The number of carbonyl (C=O) groups excluding carboxylic acids is 1. The predicted octanol–water partition coefficient (Wildman–Crippen LogP) is 5.40. The highest BCUT2D eigenvalue weighted by Gasteiger charge is 2.35. The maximum atomic E-state index is 13.7. The van der Waals surface area contributed by atoms with Crippen LogP contribution in [-0.4, -0.2) is 38.7 Å². The van der Waals surface area contributed by atoms with E-state index in [0.717, 1.165) is 54.7 Å². The lowest BCUT2D eigenvalue weighted by atomic mass is 9.86. The number of fused-ring (bicyclic) bond motifs is 1. The second-order valence-electron chi connectivity index (χ2n) is 8.11. The second-order valence-corrected chi connectivity index (χ2v) is 8.11. The third kappa shape index (κ3) is 4.81. The van der Waals surface area contributed by atoms with Gasteiger partial charge in [0.1, 0.15) is 5.75 Å². The lowest BCUT2D eigenvalue weighted by molar-refractivity contribution is -0.138. The SMILES string of the molecule is CCCC[C@@H](CC)C(=O)N1CCc2cc(OC)c(OC)cc2[C@H]1c1ccc(OC)cc1. The molecule has 0 bridgehead atoms. The first kappa shape index (κ1) is 23.0. The molecule has 1 heterocycles. The number of hydrogen-bond donors (Lipinski definition) is 0. The third-order valence-corrected chi connectivity index (χ3v) is 6.34. The molecular formula is C26H35NO4. The first-order chi connectivity index (χ1) is 15.1. The van der Waals surface area contributed by atoms with Crippen LogP contribution in [0.1, 0.15) is 62.3 Å². The van der Waals surface area contributed by atoms with Gasteiger partial charge in [-0.1, -0.05) is 38.8 Å². The number of nitrogens with zero attached hydrogens (tertiary/aromatic N) is 1. The minimum atomic E-state index is -0.155. The summed E-state index contributed by atoms with van der Waals surface area (Å²) in [6.45, 7) is 4.99. The molecule has 0 saturated heterocycles. The zero-order valence-electron chi connectivity index (χ0n) is 19.4. The van der Waals surface area contributed by atoms with Crippen LogP contribution in [-0.2, 0) is 11.2 Å². The fraction of sp³-hybridized carbons (Fsp3) is 0.500. The van der Waals surface area contributed by atoms with E-state index in [4.69, 9.17) is 14.2 Å². The highest BCUT2D eigenvalue weighted by atomic mass is 16.5. The van der Waals surface area contributed by atoms with Gasteiger partial charge < -0.3 is 19.1 Å². The van der Waals surface area contributed by atoms with Gasteiger partial charge in [0.25, 0.3) is 0 Å². The van der Waals surface area contributed by atoms with E-state index in [2.05, 4.69) is 36.9 Å². The molecule has 2 aromatic carbocycles. The summed E-state index contributed by atoms with van der Waals surface area (Å²) in [5, 5.41) is 0. The Bertz CT molecular complexity index is 878. The van der Waals surface area contributed by atoms with E-state index in [0.29, 0.717) is 12.3 Å². The molecule has 3 rings (SSSR count). The number of methoxy groups -OCH3 is 3. The Balaban J connectivity index is 2.08. The van der Waals surface area contributed by atoms with Crippen LogP contribution in [0, 0.1) is 5.92 Å². The first-order valence-corrected chi connectivity index (χ1v) is 11.3. The van der Waals surface area contributed by atoms with Crippen LogP contribution in [0.2, 0.25) is 0 Å². The maximum Gasteiger partial charge on any atom is 0.226 e. The molecular weight excluding hydrogens is 390 g/mol. The quantitative estimate of drug-likeness (QED) is 0.539. The van der Waals surface area contributed by atoms with Gasteiger partial charge in [-0.05, 0) is 60.2 Å². The van der Waals surface area contributed by atoms with E-state index < -0.39 is 0 Å². The molecule has 5 heteroatoms. The fourth-order valence-electron chi connectivity index (χ4n) is 4.52. The molecule has 1 amide bonds. The van der Waals surface area contributed by atoms with Gasteiger partial charge in [-0.2, -0.15) is 0 Å². The van der Waals surface area contributed by atoms with Crippen LogP contribution in [0.5, 0.6) is 17.2 Å². The van der Waals surface area contributed by atoms with Crippen molar-refractivity contribution in [2.24, 2.45) is 5.92 Å². The summed E-state index contributed by atoms with van der Waals surface area (Å²) in [6.07, 6.45) is 4.79. The van der Waals surface area contributed by atoms with Crippen molar-refractivity contribution in [2.75, 3.05) is 27.9 Å². The number of rotatable bonds is 9. The zero-order chi connectivity index (χ0) is 22.4. The van der Waals surface area contributed by atoms with Gasteiger partial charge in [-0.15, -0.1) is 0 Å². The monoisotopic (exact) mass is 425 g/mol. The normalized spacial score (nSPS) is 16.4. The van der Waals surface area contributed by atoms with E-state index in [1.807, 2.05) is 18.2 Å². The van der Waals surface area contributed by atoms with Crippen molar-refractivity contribution in [3.63, 3.8) is 0 Å². The van der Waals surface area contributed by atoms with E-state index >= 15 is 0 Å². The molecule has 2 atom stereocenters. The summed E-state index contributed by atoms with van der Waals surface area (Å²) < 4.78 is 16.5. The van der Waals surface area contributed by atoms with Crippen LogP contribution in [0.25, 0.3) is 0 Å². The summed E-state index contributed by atoms with van der Waals surface area (Å²) in [5.74, 6) is 2.52. The van der Waals surface area contributed by atoms with E-state index in [-0.39, 0.29) is 17.9 Å². The van der Waals surface area contributed by atoms with Gasteiger partial charge >= 0.3 is 0 Å². The summed E-state index contributed by atoms with van der Waals surface area (Å²) in [6, 6.07) is 12.0. The van der Waals surface area contributed by atoms with Gasteiger partial charge in [0.2, 0.25) is 5.91 Å². The second kappa shape index (κ2) is 10.6. The number of unbranched alkanes of at least 4 members (excludes halogenated alkanes) is 1. The number of amides is 1. The fourth-order valence-corrected chi connectivity index (χ4v) is 4.52. The molecule has 0 aromatic heterocycles. The van der Waals surface area contributed by atoms with Gasteiger partial charge in [0.05, 0.1) is 27.4 Å². The highest BCUT2D eigenvalue weighted by molar-refractivity contribution is 5.80. The smallest absolute Gasteiger partial charge is 0.226 e. The molecule has 0 unspecified atom stereocenters. The summed E-state index contributed by atoms with van der Waals surface area (Å²) in [4.78, 5) is 15.7. The van der Waals surface area contributed by atoms with E-state index in [1.54, 1.807) is 21.3 Å². The van der Waals surface area contributed by atoms with E-state index in [1.165, 1.54) is 5.56 Å². The lowest BCUT2D eigenvalue weighted by Gasteiger charge is -2.40. The molecule has 0 saturated carbocycles. The summed E-state index contributed by atoms with van der Waals surface area (Å²) >= 11 is 0. The van der Waals surface area contributed by atoms with Crippen LogP contribution in [0.3, 0.4) is 0 Å². The number of carbonyl (C=O) groups is 1. The molecule has 0 spiro atoms. The molecule has 1 aliphatic rings. The zero-order valence-corrected chi connectivity index (χ0v) is 19.4. The van der Waals surface area contributed by atoms with Crippen LogP contribution in [0.4, 0.5) is 0 Å². The molecule has 1 aliphatic heterocycles. The van der Waals surface area contributed by atoms with Crippen molar-refractivity contribution in [3.05, 3.63) is 53.1 Å². The number of ether oxygens (including phenoxy) is 3. The van der Waals surface area contributed by atoms with Crippen molar-refractivity contribution in [1.82, 2.24) is 4.90 Å². The van der Waals surface area contributed by atoms with Crippen LogP contribution in [0.15, 0.2) is 36.4 Å². The Morgan fingerprint density at radius 3 is 2.29 bits per heavy atom. The Hall–Kier alpha value is -2.69.